The third kappa shape index (κ3) is 4.99. The second-order valence-electron chi connectivity index (χ2n) is 6.53. The van der Waals surface area contributed by atoms with Crippen LogP contribution in [0.25, 0.3) is 5.69 Å². The number of rotatable bonds is 5. The normalized spacial score (nSPS) is 17.2. The zero-order valence-electron chi connectivity index (χ0n) is 15.6. The van der Waals surface area contributed by atoms with Crippen LogP contribution in [-0.2, 0) is 15.7 Å². The number of carbonyl (C=O) groups excluding carboxylic acids is 1. The van der Waals surface area contributed by atoms with E-state index in [1.807, 2.05) is 0 Å². The van der Waals surface area contributed by atoms with Crippen molar-refractivity contribution in [2.75, 3.05) is 26.1 Å². The highest BCUT2D eigenvalue weighted by Gasteiger charge is 2.30. The number of aromatic nitrogens is 2. The van der Waals surface area contributed by atoms with Gasteiger partial charge in [-0.1, -0.05) is 11.8 Å². The molecule has 29 heavy (non-hydrogen) atoms. The molecule has 1 fully saturated rings. The molecule has 1 aromatic carbocycles. The standard InChI is InChI=1S/C19H19F3N2O4S/c1-27-17(26)15-9-23-18(29-11-12-3-2-8-28-10-12)24(16(15)25)14-6-4-13(5-7-14)19(20,21)22/h4-7,9,12H,2-3,8,10-11H2,1H3. The molecule has 3 rings (SSSR count). The molecule has 156 valence electrons. The highest BCUT2D eigenvalue weighted by molar-refractivity contribution is 7.99. The predicted octanol–water partition coefficient (Wildman–Crippen LogP) is 3.56. The highest BCUT2D eigenvalue weighted by Crippen LogP contribution is 2.30. The molecule has 1 aromatic heterocycles. The molecular formula is C19H19F3N2O4S. The number of thioether (sulfide) groups is 1. The fourth-order valence-corrected chi connectivity index (χ4v) is 4.04. The Kier molecular flexibility index (Phi) is 6.63. The first-order valence-electron chi connectivity index (χ1n) is 8.90. The molecule has 1 aliphatic rings. The summed E-state index contributed by atoms with van der Waals surface area (Å²) in [6.45, 7) is 1.33. The maximum atomic E-state index is 12.9. The van der Waals surface area contributed by atoms with E-state index in [2.05, 4.69) is 9.72 Å². The van der Waals surface area contributed by atoms with Crippen molar-refractivity contribution in [1.82, 2.24) is 9.55 Å². The molecule has 0 bridgehead atoms. The summed E-state index contributed by atoms with van der Waals surface area (Å²) in [6.07, 6.45) is -1.42. The van der Waals surface area contributed by atoms with Crippen molar-refractivity contribution in [3.8, 4) is 5.69 Å². The molecule has 0 N–H and O–H groups in total. The Morgan fingerprint density at radius 1 is 1.34 bits per heavy atom. The highest BCUT2D eigenvalue weighted by atomic mass is 32.2. The topological polar surface area (TPSA) is 70.4 Å². The monoisotopic (exact) mass is 428 g/mol. The van der Waals surface area contributed by atoms with Crippen LogP contribution in [-0.4, -0.2) is 41.6 Å². The molecule has 0 saturated carbocycles. The predicted molar refractivity (Wildman–Crippen MR) is 100 cm³/mol. The molecular weight excluding hydrogens is 409 g/mol. The lowest BCUT2D eigenvalue weighted by molar-refractivity contribution is -0.137. The zero-order chi connectivity index (χ0) is 21.0. The van der Waals surface area contributed by atoms with Crippen LogP contribution in [0.15, 0.2) is 40.4 Å². The van der Waals surface area contributed by atoms with Crippen LogP contribution in [0.3, 0.4) is 0 Å². The van der Waals surface area contributed by atoms with Gasteiger partial charge >= 0.3 is 12.1 Å². The number of hydrogen-bond donors (Lipinski definition) is 0. The maximum absolute atomic E-state index is 12.9. The number of esters is 1. The van der Waals surface area contributed by atoms with Crippen molar-refractivity contribution in [1.29, 1.82) is 0 Å². The number of methoxy groups -OCH3 is 1. The molecule has 10 heteroatoms. The Hall–Kier alpha value is -2.33. The second-order valence-corrected chi connectivity index (χ2v) is 7.51. The SMILES string of the molecule is COC(=O)c1cnc(SCC2CCCOC2)n(-c2ccc(C(F)(F)F)cc2)c1=O. The molecule has 0 amide bonds. The molecule has 1 aliphatic heterocycles. The van der Waals surface area contributed by atoms with E-state index < -0.39 is 23.3 Å². The summed E-state index contributed by atoms with van der Waals surface area (Å²) in [5, 5.41) is 0.285. The fraction of sp³-hybridized carbons (Fsp3) is 0.421. The van der Waals surface area contributed by atoms with Gasteiger partial charge in [0.15, 0.2) is 5.16 Å². The first-order valence-corrected chi connectivity index (χ1v) is 9.88. The van der Waals surface area contributed by atoms with Gasteiger partial charge in [-0.15, -0.1) is 0 Å². The summed E-state index contributed by atoms with van der Waals surface area (Å²) in [7, 11) is 1.13. The van der Waals surface area contributed by atoms with Crippen LogP contribution in [0.2, 0.25) is 0 Å². The Labute approximate surface area is 169 Å². The number of ether oxygens (including phenoxy) is 2. The maximum Gasteiger partial charge on any atom is 0.416 e. The first kappa shape index (κ1) is 21.4. The van der Waals surface area contributed by atoms with Gasteiger partial charge in [0, 0.05) is 12.4 Å². The molecule has 0 aliphatic carbocycles. The van der Waals surface area contributed by atoms with Crippen LogP contribution in [0.5, 0.6) is 0 Å². The molecule has 0 spiro atoms. The van der Waals surface area contributed by atoms with Gasteiger partial charge < -0.3 is 9.47 Å². The van der Waals surface area contributed by atoms with Gasteiger partial charge in [0.05, 0.1) is 31.2 Å². The average Bonchev–Trinajstić information content (AvgIpc) is 2.72. The summed E-state index contributed by atoms with van der Waals surface area (Å²) in [5.74, 6) is 0.0531. The number of halogens is 3. The Balaban J connectivity index is 1.98. The van der Waals surface area contributed by atoms with Crippen LogP contribution in [0, 0.1) is 5.92 Å². The molecule has 1 atom stereocenters. The summed E-state index contributed by atoms with van der Waals surface area (Å²) in [4.78, 5) is 29.0. The number of carbonyl (C=O) groups is 1. The van der Waals surface area contributed by atoms with E-state index in [0.717, 1.165) is 49.5 Å². The lowest BCUT2D eigenvalue weighted by Crippen LogP contribution is -2.28. The Morgan fingerprint density at radius 3 is 2.66 bits per heavy atom. The van der Waals surface area contributed by atoms with Gasteiger partial charge in [-0.05, 0) is 43.0 Å². The number of hydrogen-bond acceptors (Lipinski definition) is 6. The first-order chi connectivity index (χ1) is 13.8. The number of benzene rings is 1. The minimum atomic E-state index is -4.49. The second kappa shape index (κ2) is 9.00. The van der Waals surface area contributed by atoms with E-state index in [-0.39, 0.29) is 22.3 Å². The van der Waals surface area contributed by atoms with Crippen molar-refractivity contribution >= 4 is 17.7 Å². The number of nitrogens with zero attached hydrogens (tertiary/aromatic N) is 2. The van der Waals surface area contributed by atoms with Gasteiger partial charge in [0.2, 0.25) is 0 Å². The largest absolute Gasteiger partial charge is 0.465 e. The van der Waals surface area contributed by atoms with Crippen LogP contribution in [0.4, 0.5) is 13.2 Å². The Bertz CT molecular complexity index is 923. The summed E-state index contributed by atoms with van der Waals surface area (Å²) in [6, 6.07) is 4.13. The molecule has 2 aromatic rings. The van der Waals surface area contributed by atoms with Gasteiger partial charge in [-0.2, -0.15) is 13.2 Å². The molecule has 0 radical (unpaired) electrons. The lowest BCUT2D eigenvalue weighted by atomic mass is 10.1. The molecule has 1 unspecified atom stereocenters. The molecule has 6 nitrogen and oxygen atoms in total. The number of alkyl halides is 3. The fourth-order valence-electron chi connectivity index (χ4n) is 2.95. The Morgan fingerprint density at radius 2 is 2.07 bits per heavy atom. The minimum absolute atomic E-state index is 0.184. The van der Waals surface area contributed by atoms with Crippen LogP contribution in [0.1, 0.15) is 28.8 Å². The van der Waals surface area contributed by atoms with E-state index in [0.29, 0.717) is 12.4 Å². The van der Waals surface area contributed by atoms with Crippen molar-refractivity contribution in [2.24, 2.45) is 5.92 Å². The van der Waals surface area contributed by atoms with Gasteiger partial charge in [-0.3, -0.25) is 9.36 Å². The van der Waals surface area contributed by atoms with Crippen LogP contribution < -0.4 is 5.56 Å². The van der Waals surface area contributed by atoms with Crippen LogP contribution >= 0.6 is 11.8 Å². The van der Waals surface area contributed by atoms with E-state index in [1.54, 1.807) is 0 Å². The van der Waals surface area contributed by atoms with E-state index in [4.69, 9.17) is 4.74 Å². The van der Waals surface area contributed by atoms with E-state index >= 15 is 0 Å². The third-order valence-corrected chi connectivity index (χ3v) is 5.67. The summed E-state index contributed by atoms with van der Waals surface area (Å²) in [5.41, 5.74) is -1.64. The van der Waals surface area contributed by atoms with E-state index in [1.165, 1.54) is 23.9 Å². The van der Waals surface area contributed by atoms with Gasteiger partial charge in [-0.25, -0.2) is 9.78 Å². The zero-order valence-corrected chi connectivity index (χ0v) is 16.4. The average molecular weight is 428 g/mol. The molecule has 2 heterocycles. The van der Waals surface area contributed by atoms with Crippen molar-refractivity contribution < 1.29 is 27.4 Å². The quantitative estimate of drug-likeness (QED) is 0.412. The summed E-state index contributed by atoms with van der Waals surface area (Å²) >= 11 is 1.30. The van der Waals surface area contributed by atoms with Gasteiger partial charge in [0.25, 0.3) is 5.56 Å². The lowest BCUT2D eigenvalue weighted by Gasteiger charge is -2.22. The van der Waals surface area contributed by atoms with Crippen molar-refractivity contribution in [2.45, 2.75) is 24.2 Å². The molecule has 1 saturated heterocycles. The summed E-state index contributed by atoms with van der Waals surface area (Å²) < 4.78 is 49.8. The van der Waals surface area contributed by atoms with Gasteiger partial charge in [0.1, 0.15) is 5.56 Å². The van der Waals surface area contributed by atoms with E-state index in [9.17, 15) is 22.8 Å². The van der Waals surface area contributed by atoms with Crippen molar-refractivity contribution in [3.63, 3.8) is 0 Å². The van der Waals surface area contributed by atoms with Crippen molar-refractivity contribution in [3.05, 3.63) is 51.9 Å². The minimum Gasteiger partial charge on any atom is -0.465 e. The smallest absolute Gasteiger partial charge is 0.416 e. The third-order valence-electron chi connectivity index (χ3n) is 4.49.